The molecule has 0 saturated carbocycles. The molecule has 0 aliphatic heterocycles. The smallest absolute Gasteiger partial charge is 0.125 e. The van der Waals surface area contributed by atoms with Crippen molar-refractivity contribution in [3.05, 3.63) is 163 Å². The van der Waals surface area contributed by atoms with E-state index >= 15 is 0 Å². The Hall–Kier alpha value is -5.64. The van der Waals surface area contributed by atoms with E-state index in [2.05, 4.69) is 153 Å². The zero-order valence-corrected chi connectivity index (χ0v) is 32.2. The predicted octanol–water partition coefficient (Wildman–Crippen LogP) is 11.2. The summed E-state index contributed by atoms with van der Waals surface area (Å²) in [6, 6.07) is 45.8. The molecule has 0 bridgehead atoms. The number of phenols is 1. The van der Waals surface area contributed by atoms with Gasteiger partial charge in [-0.1, -0.05) is 155 Å². The number of fused-ring (bicyclic) bond motifs is 4. The van der Waals surface area contributed by atoms with E-state index in [1.807, 2.05) is 24.3 Å². The molecule has 0 atom stereocenters. The van der Waals surface area contributed by atoms with Crippen molar-refractivity contribution >= 4 is 10.8 Å². The van der Waals surface area contributed by atoms with Crippen molar-refractivity contribution in [2.75, 3.05) is 0 Å². The Morgan fingerprint density at radius 1 is 0.585 bits per heavy atom. The van der Waals surface area contributed by atoms with Crippen LogP contribution < -0.4 is 0 Å². The van der Waals surface area contributed by atoms with Crippen molar-refractivity contribution < 1.29 is 26.2 Å². The fourth-order valence-electron chi connectivity index (χ4n) is 7.89. The van der Waals surface area contributed by atoms with E-state index in [0.717, 1.165) is 83.9 Å². The first-order valence-electron chi connectivity index (χ1n) is 17.7. The Labute approximate surface area is 324 Å². The number of aromatic hydroxyl groups is 1. The van der Waals surface area contributed by atoms with E-state index in [-0.39, 0.29) is 37.6 Å². The second kappa shape index (κ2) is 13.1. The molecule has 0 saturated heterocycles. The van der Waals surface area contributed by atoms with Gasteiger partial charge in [-0.25, -0.2) is 9.97 Å². The molecule has 6 heteroatoms. The van der Waals surface area contributed by atoms with E-state index in [0.29, 0.717) is 0 Å². The molecule has 0 radical (unpaired) electrons. The molecule has 5 aromatic carbocycles. The third-order valence-electron chi connectivity index (χ3n) is 11.3. The quantitative estimate of drug-likeness (QED) is 0.175. The van der Waals surface area contributed by atoms with Gasteiger partial charge in [0.25, 0.3) is 0 Å². The van der Waals surface area contributed by atoms with Gasteiger partial charge in [0.05, 0.1) is 17.1 Å². The molecule has 1 aliphatic carbocycles. The summed E-state index contributed by atoms with van der Waals surface area (Å²) in [7, 11) is 0. The van der Waals surface area contributed by atoms with Crippen LogP contribution in [0.1, 0.15) is 38.8 Å². The molecule has 1 N–H and O–H groups in total. The fourth-order valence-corrected chi connectivity index (χ4v) is 7.89. The van der Waals surface area contributed by atoms with Gasteiger partial charge < -0.3 is 14.7 Å². The van der Waals surface area contributed by atoms with Crippen molar-refractivity contribution in [2.24, 2.45) is 0 Å². The number of phenolic OH excluding ortho intramolecular Hbond substituents is 1. The number of para-hydroxylation sites is 1. The van der Waals surface area contributed by atoms with E-state index in [1.165, 1.54) is 0 Å². The molecule has 262 valence electrons. The van der Waals surface area contributed by atoms with Crippen LogP contribution in [0.4, 0.5) is 0 Å². The monoisotopic (exact) mass is 868 g/mol. The minimum Gasteiger partial charge on any atom is -0.507 e. The molecule has 3 heterocycles. The number of aromatic nitrogens is 4. The van der Waals surface area contributed by atoms with Gasteiger partial charge in [-0.3, -0.25) is 0 Å². The Bertz CT molecular complexity index is 2580. The topological polar surface area (TPSA) is 63.8 Å². The third-order valence-corrected chi connectivity index (χ3v) is 11.3. The van der Waals surface area contributed by atoms with E-state index in [9.17, 15) is 5.11 Å². The van der Waals surface area contributed by atoms with Gasteiger partial charge in [0.15, 0.2) is 0 Å². The molecule has 0 fully saturated rings. The Morgan fingerprint density at radius 2 is 1.21 bits per heavy atom. The number of benzene rings is 5. The van der Waals surface area contributed by atoms with Crippen LogP contribution in [-0.4, -0.2) is 24.6 Å². The van der Waals surface area contributed by atoms with Crippen LogP contribution in [-0.2, 0) is 31.9 Å². The maximum absolute atomic E-state index is 11.3. The van der Waals surface area contributed by atoms with Gasteiger partial charge in [-0.15, -0.1) is 16.8 Å². The summed E-state index contributed by atoms with van der Waals surface area (Å²) in [5.74, 6) is 0.996. The van der Waals surface area contributed by atoms with Crippen LogP contribution in [0.5, 0.6) is 5.75 Å². The average Bonchev–Trinajstić information content (AvgIpc) is 3.62. The summed E-state index contributed by atoms with van der Waals surface area (Å²) < 4.78 is 2.22. The number of imidazole rings is 1. The molecule has 1 aliphatic rings. The number of rotatable bonds is 5. The first-order valence-corrected chi connectivity index (χ1v) is 17.7. The van der Waals surface area contributed by atoms with Crippen LogP contribution in [0, 0.1) is 6.20 Å². The summed E-state index contributed by atoms with van der Waals surface area (Å²) >= 11 is 0. The minimum absolute atomic E-state index is 0. The van der Waals surface area contributed by atoms with Crippen molar-refractivity contribution in [1.29, 1.82) is 0 Å². The standard InChI is InChI=1S/C47H37N4O.Pt/c1-46(2)37-22-13-23-41(52)42(37)43-38(47(46,3)4)24-25-39(49-43)40-29-51(45(50-40)35-21-11-18-32-26-27-48-28-36(32)35)44-33(30-14-7-5-8-15-30)19-12-20-34(44)31-16-9-6-10-17-31;/h5-27,29,52H,1-4H3;/q-1;. The summed E-state index contributed by atoms with van der Waals surface area (Å²) in [5, 5.41) is 13.2. The second-order valence-electron chi connectivity index (χ2n) is 14.6. The molecular weight excluding hydrogens is 832 g/mol. The zero-order chi connectivity index (χ0) is 35.6. The molecular formula is C47H37N4OPt-. The van der Waals surface area contributed by atoms with Crippen LogP contribution in [0.3, 0.4) is 0 Å². The maximum Gasteiger partial charge on any atom is 0.125 e. The first-order chi connectivity index (χ1) is 25.2. The molecule has 8 aromatic rings. The van der Waals surface area contributed by atoms with Crippen LogP contribution >= 0.6 is 0 Å². The van der Waals surface area contributed by atoms with Gasteiger partial charge in [-0.2, -0.15) is 0 Å². The number of pyridine rings is 2. The van der Waals surface area contributed by atoms with Gasteiger partial charge in [0, 0.05) is 49.4 Å². The minimum atomic E-state index is -0.246. The second-order valence-corrected chi connectivity index (χ2v) is 14.6. The molecule has 0 spiro atoms. The molecule has 9 rings (SSSR count). The Kier molecular flexibility index (Phi) is 8.51. The van der Waals surface area contributed by atoms with Crippen molar-refractivity contribution in [3.63, 3.8) is 0 Å². The van der Waals surface area contributed by atoms with Crippen molar-refractivity contribution in [2.45, 2.75) is 38.5 Å². The van der Waals surface area contributed by atoms with Gasteiger partial charge in [-0.05, 0) is 46.0 Å². The predicted molar refractivity (Wildman–Crippen MR) is 210 cm³/mol. The van der Waals surface area contributed by atoms with Gasteiger partial charge >= 0.3 is 0 Å². The van der Waals surface area contributed by atoms with Gasteiger partial charge in [0.2, 0.25) is 0 Å². The summed E-state index contributed by atoms with van der Waals surface area (Å²) in [5.41, 5.74) is 11.0. The average molecular weight is 869 g/mol. The largest absolute Gasteiger partial charge is 0.507 e. The summed E-state index contributed by atoms with van der Waals surface area (Å²) in [6.07, 6.45) is 7.15. The van der Waals surface area contributed by atoms with Crippen LogP contribution in [0.25, 0.3) is 72.7 Å². The van der Waals surface area contributed by atoms with E-state index < -0.39 is 0 Å². The zero-order valence-electron chi connectivity index (χ0n) is 29.9. The van der Waals surface area contributed by atoms with Crippen molar-refractivity contribution in [1.82, 2.24) is 19.5 Å². The summed E-state index contributed by atoms with van der Waals surface area (Å²) in [4.78, 5) is 15.2. The van der Waals surface area contributed by atoms with E-state index in [1.54, 1.807) is 12.3 Å². The third kappa shape index (κ3) is 5.45. The maximum atomic E-state index is 11.3. The molecule has 53 heavy (non-hydrogen) atoms. The Balaban J connectivity index is 0.00000400. The number of nitrogens with zero attached hydrogens (tertiary/aromatic N) is 4. The fraction of sp³-hybridized carbons (Fsp3) is 0.128. The van der Waals surface area contributed by atoms with Crippen molar-refractivity contribution in [3.8, 4) is 67.7 Å². The molecule has 3 aromatic heterocycles. The van der Waals surface area contributed by atoms with Gasteiger partial charge in [0.1, 0.15) is 17.3 Å². The first kappa shape index (κ1) is 34.4. The summed E-state index contributed by atoms with van der Waals surface area (Å²) in [6.45, 7) is 9.04. The molecule has 0 unspecified atom stereocenters. The van der Waals surface area contributed by atoms with E-state index in [4.69, 9.17) is 9.97 Å². The number of hydrogen-bond donors (Lipinski definition) is 1. The number of hydrogen-bond acceptors (Lipinski definition) is 4. The SMILES string of the molecule is CC1(C)c2ccc(-c3cn(-c4c(-c5ccccc5)cccc4-c4ccccc4)c(-c4cccc5ccn[c-]c45)n3)nc2-c2c(O)cccc2C1(C)C.[Pt]. The molecule has 5 nitrogen and oxygen atoms in total. The Morgan fingerprint density at radius 3 is 1.91 bits per heavy atom. The molecule has 0 amide bonds. The van der Waals surface area contributed by atoms with Crippen LogP contribution in [0.15, 0.2) is 146 Å². The normalized spacial score (nSPS) is 13.9. The van der Waals surface area contributed by atoms with Crippen LogP contribution in [0.2, 0.25) is 0 Å².